The highest BCUT2D eigenvalue weighted by Crippen LogP contribution is 2.35. The predicted molar refractivity (Wildman–Crippen MR) is 95.6 cm³/mol. The van der Waals surface area contributed by atoms with E-state index in [4.69, 9.17) is 22.0 Å². The van der Waals surface area contributed by atoms with Crippen LogP contribution in [0.1, 0.15) is 6.42 Å². The van der Waals surface area contributed by atoms with Gasteiger partial charge in [0.05, 0.1) is 6.61 Å². The average Bonchev–Trinajstić information content (AvgIpc) is 2.52. The number of anilines is 1. The van der Waals surface area contributed by atoms with Gasteiger partial charge in [-0.1, -0.05) is 30.3 Å². The highest BCUT2D eigenvalue weighted by Gasteiger charge is 2.13. The van der Waals surface area contributed by atoms with Gasteiger partial charge in [0, 0.05) is 19.3 Å². The summed E-state index contributed by atoms with van der Waals surface area (Å²) in [7, 11) is -2.52. The third kappa shape index (κ3) is 5.57. The van der Waals surface area contributed by atoms with E-state index in [2.05, 4.69) is 22.0 Å². The fourth-order valence-corrected chi connectivity index (χ4v) is 2.65. The zero-order valence-electron chi connectivity index (χ0n) is 12.7. The van der Waals surface area contributed by atoms with Gasteiger partial charge in [-0.05, 0) is 41.5 Å². The molecule has 0 saturated heterocycles. The average molecular weight is 354 g/mol. The Bertz CT molecular complexity index is 734. The summed E-state index contributed by atoms with van der Waals surface area (Å²) in [5.41, 5.74) is 0.965. The van der Waals surface area contributed by atoms with Crippen LogP contribution < -0.4 is 10.2 Å². The molecule has 23 heavy (non-hydrogen) atoms. The second-order valence-electron chi connectivity index (χ2n) is 5.00. The standard InChI is InChI=1S/C15H19N2O4PS/c1-17(15(23)16-9-4-10-21-22(18,19)20)14-8-7-12-5-2-3-6-13(12)11-14/h2-3,5-8,11H,4,9-10H2,1H3,(H,16,23)(H2,18,19,20). The lowest BCUT2D eigenvalue weighted by atomic mass is 10.1. The maximum Gasteiger partial charge on any atom is 0.469 e. The van der Waals surface area contributed by atoms with Crippen molar-refractivity contribution in [2.24, 2.45) is 0 Å². The number of hydrogen-bond acceptors (Lipinski definition) is 3. The fourth-order valence-electron chi connectivity index (χ4n) is 2.07. The SMILES string of the molecule is CN(C(=S)NCCCOP(=O)(O)O)c1ccc2ccccc2c1. The summed E-state index contributed by atoms with van der Waals surface area (Å²) < 4.78 is 14.9. The van der Waals surface area contributed by atoms with Crippen LogP contribution in [0, 0.1) is 0 Å². The van der Waals surface area contributed by atoms with E-state index in [1.165, 1.54) is 0 Å². The summed E-state index contributed by atoms with van der Waals surface area (Å²) >= 11 is 5.32. The largest absolute Gasteiger partial charge is 0.469 e. The van der Waals surface area contributed by atoms with Crippen LogP contribution in [-0.4, -0.2) is 35.1 Å². The van der Waals surface area contributed by atoms with Gasteiger partial charge in [0.25, 0.3) is 0 Å². The first-order valence-corrected chi connectivity index (χ1v) is 9.01. The molecule has 2 aromatic rings. The molecule has 0 spiro atoms. The monoisotopic (exact) mass is 354 g/mol. The molecule has 2 aromatic carbocycles. The molecule has 0 aliphatic carbocycles. The normalized spacial score (nSPS) is 11.4. The lowest BCUT2D eigenvalue weighted by Gasteiger charge is -2.21. The number of fused-ring (bicyclic) bond motifs is 1. The van der Waals surface area contributed by atoms with E-state index in [9.17, 15) is 4.57 Å². The predicted octanol–water partition coefficient (Wildman–Crippen LogP) is 2.65. The van der Waals surface area contributed by atoms with Crippen LogP contribution in [0.25, 0.3) is 10.8 Å². The number of benzene rings is 2. The number of nitrogens with one attached hydrogen (secondary N) is 1. The third-order valence-corrected chi connectivity index (χ3v) is 4.22. The Kier molecular flexibility index (Phi) is 6.10. The number of hydrogen-bond donors (Lipinski definition) is 3. The highest BCUT2D eigenvalue weighted by atomic mass is 32.1. The smallest absolute Gasteiger partial charge is 0.362 e. The first kappa shape index (κ1) is 17.8. The van der Waals surface area contributed by atoms with Crippen LogP contribution >= 0.6 is 20.0 Å². The molecule has 0 aliphatic heterocycles. The van der Waals surface area contributed by atoms with Gasteiger partial charge in [0.15, 0.2) is 5.11 Å². The molecule has 0 radical (unpaired) electrons. The number of rotatable bonds is 6. The number of phosphoric ester groups is 1. The van der Waals surface area contributed by atoms with Gasteiger partial charge in [-0.25, -0.2) is 4.57 Å². The van der Waals surface area contributed by atoms with Gasteiger partial charge in [0.2, 0.25) is 0 Å². The molecule has 0 fully saturated rings. The summed E-state index contributed by atoms with van der Waals surface area (Å²) in [6, 6.07) is 14.2. The maximum absolute atomic E-state index is 10.5. The highest BCUT2D eigenvalue weighted by molar-refractivity contribution is 7.80. The lowest BCUT2D eigenvalue weighted by Crippen LogP contribution is -2.37. The first-order chi connectivity index (χ1) is 10.9. The molecule has 0 amide bonds. The topological polar surface area (TPSA) is 82.0 Å². The Morgan fingerprint density at radius 1 is 1.26 bits per heavy atom. The molecule has 3 N–H and O–H groups in total. The molecule has 0 aliphatic rings. The second-order valence-corrected chi connectivity index (χ2v) is 6.63. The van der Waals surface area contributed by atoms with Gasteiger partial charge >= 0.3 is 7.82 Å². The van der Waals surface area contributed by atoms with Crippen molar-refractivity contribution >= 4 is 41.6 Å². The van der Waals surface area contributed by atoms with E-state index in [1.807, 2.05) is 42.3 Å². The molecule has 0 atom stereocenters. The second kappa shape index (κ2) is 7.86. The van der Waals surface area contributed by atoms with Crippen LogP contribution in [-0.2, 0) is 9.09 Å². The zero-order valence-corrected chi connectivity index (χ0v) is 14.4. The van der Waals surface area contributed by atoms with Crippen LogP contribution in [0.4, 0.5) is 5.69 Å². The van der Waals surface area contributed by atoms with Crippen LogP contribution in [0.15, 0.2) is 42.5 Å². The van der Waals surface area contributed by atoms with Crippen molar-refractivity contribution in [3.05, 3.63) is 42.5 Å². The van der Waals surface area contributed by atoms with E-state index >= 15 is 0 Å². The lowest BCUT2D eigenvalue weighted by molar-refractivity contribution is 0.195. The van der Waals surface area contributed by atoms with Crippen LogP contribution in [0.5, 0.6) is 0 Å². The number of nitrogens with zero attached hydrogens (tertiary/aromatic N) is 1. The molecule has 0 heterocycles. The van der Waals surface area contributed by atoms with E-state index in [-0.39, 0.29) is 6.61 Å². The van der Waals surface area contributed by atoms with E-state index in [0.29, 0.717) is 18.1 Å². The van der Waals surface area contributed by atoms with Crippen molar-refractivity contribution in [3.8, 4) is 0 Å². The van der Waals surface area contributed by atoms with Crippen molar-refractivity contribution in [2.45, 2.75) is 6.42 Å². The molecule has 0 bridgehead atoms. The third-order valence-electron chi connectivity index (χ3n) is 3.28. The van der Waals surface area contributed by atoms with Gasteiger partial charge in [-0.2, -0.15) is 0 Å². The minimum atomic E-state index is -4.39. The molecule has 0 unspecified atom stereocenters. The number of thiocarbonyl (C=S) groups is 1. The molecule has 124 valence electrons. The zero-order chi connectivity index (χ0) is 16.9. The van der Waals surface area contributed by atoms with Crippen molar-refractivity contribution in [1.29, 1.82) is 0 Å². The van der Waals surface area contributed by atoms with Gasteiger partial charge in [-0.15, -0.1) is 0 Å². The maximum atomic E-state index is 10.5. The first-order valence-electron chi connectivity index (χ1n) is 7.07. The Morgan fingerprint density at radius 2 is 1.96 bits per heavy atom. The van der Waals surface area contributed by atoms with Crippen molar-refractivity contribution < 1.29 is 18.9 Å². The molecular formula is C15H19N2O4PS. The van der Waals surface area contributed by atoms with E-state index in [1.54, 1.807) is 0 Å². The van der Waals surface area contributed by atoms with Crippen LogP contribution in [0.2, 0.25) is 0 Å². The Morgan fingerprint density at radius 3 is 2.65 bits per heavy atom. The van der Waals surface area contributed by atoms with Crippen LogP contribution in [0.3, 0.4) is 0 Å². The van der Waals surface area contributed by atoms with E-state index in [0.717, 1.165) is 16.5 Å². The van der Waals surface area contributed by atoms with Gasteiger partial charge in [0.1, 0.15) is 0 Å². The molecule has 6 nitrogen and oxygen atoms in total. The molecule has 0 aromatic heterocycles. The van der Waals surface area contributed by atoms with E-state index < -0.39 is 7.82 Å². The fraction of sp³-hybridized carbons (Fsp3) is 0.267. The minimum absolute atomic E-state index is 0.0282. The van der Waals surface area contributed by atoms with Crippen molar-refractivity contribution in [3.63, 3.8) is 0 Å². The Hall–Kier alpha value is -1.50. The molecule has 0 saturated carbocycles. The minimum Gasteiger partial charge on any atom is -0.362 e. The Balaban J connectivity index is 1.87. The summed E-state index contributed by atoms with van der Waals surface area (Å²) in [5, 5.41) is 5.88. The molecule has 2 rings (SSSR count). The summed E-state index contributed by atoms with van der Waals surface area (Å²) in [6.07, 6.45) is 0.441. The number of phosphoric acid groups is 1. The quantitative estimate of drug-likeness (QED) is 0.418. The van der Waals surface area contributed by atoms with Crippen molar-refractivity contribution in [1.82, 2.24) is 5.32 Å². The Labute approximate surface area is 140 Å². The summed E-state index contributed by atoms with van der Waals surface area (Å²) in [6.45, 7) is 0.441. The molecular weight excluding hydrogens is 335 g/mol. The molecule has 8 heteroatoms. The van der Waals surface area contributed by atoms with Gasteiger partial charge < -0.3 is 20.0 Å². The van der Waals surface area contributed by atoms with Gasteiger partial charge in [-0.3, -0.25) is 4.52 Å². The van der Waals surface area contributed by atoms with Crippen molar-refractivity contribution in [2.75, 3.05) is 25.1 Å². The summed E-state index contributed by atoms with van der Waals surface area (Å²) in [5.74, 6) is 0. The summed E-state index contributed by atoms with van der Waals surface area (Å²) in [4.78, 5) is 19.0.